The highest BCUT2D eigenvalue weighted by atomic mass is 16.3. The van der Waals surface area contributed by atoms with Gasteiger partial charge in [-0.15, -0.1) is 0 Å². The van der Waals surface area contributed by atoms with E-state index in [4.69, 9.17) is 0 Å². The topological polar surface area (TPSA) is 61.4 Å². The molecule has 1 aromatic rings. The average molecular weight is 276 g/mol. The van der Waals surface area contributed by atoms with E-state index in [0.717, 1.165) is 32.2 Å². The van der Waals surface area contributed by atoms with Crippen LogP contribution in [-0.2, 0) is 11.2 Å². The van der Waals surface area contributed by atoms with Crippen LogP contribution < -0.4 is 10.6 Å². The molecule has 1 aromatic carbocycles. The van der Waals surface area contributed by atoms with Gasteiger partial charge in [-0.05, 0) is 48.9 Å². The van der Waals surface area contributed by atoms with Crippen LogP contribution in [0.1, 0.15) is 49.8 Å². The van der Waals surface area contributed by atoms with Gasteiger partial charge in [0.2, 0.25) is 5.91 Å². The van der Waals surface area contributed by atoms with E-state index in [1.54, 1.807) is 6.07 Å². The number of hydrogen-bond acceptors (Lipinski definition) is 3. The number of hydrogen-bond donors (Lipinski definition) is 3. The number of phenolic OH excluding ortho intramolecular Hbond substituents is 1. The maximum Gasteiger partial charge on any atom is 0.221 e. The molecule has 0 aromatic heterocycles. The molecule has 20 heavy (non-hydrogen) atoms. The molecular weight excluding hydrogens is 252 g/mol. The lowest BCUT2D eigenvalue weighted by Gasteiger charge is -2.26. The molecule has 0 heterocycles. The van der Waals surface area contributed by atoms with Crippen molar-refractivity contribution in [3.05, 3.63) is 29.3 Å². The Morgan fingerprint density at radius 3 is 3.05 bits per heavy atom. The number of fused-ring (bicyclic) bond motifs is 1. The van der Waals surface area contributed by atoms with Crippen molar-refractivity contribution in [1.82, 2.24) is 10.6 Å². The van der Waals surface area contributed by atoms with Crippen LogP contribution in [0.2, 0.25) is 0 Å². The summed E-state index contributed by atoms with van der Waals surface area (Å²) in [6.45, 7) is 3.47. The molecule has 2 rings (SSSR count). The number of carbonyl (C=O) groups excluding carboxylic acids is 1. The predicted molar refractivity (Wildman–Crippen MR) is 79.7 cm³/mol. The molecular formula is C16H24N2O2. The van der Waals surface area contributed by atoms with E-state index < -0.39 is 0 Å². The summed E-state index contributed by atoms with van der Waals surface area (Å²) in [4.78, 5) is 11.6. The minimum absolute atomic E-state index is 0.103. The summed E-state index contributed by atoms with van der Waals surface area (Å²) in [5.41, 5.74) is 2.49. The van der Waals surface area contributed by atoms with E-state index in [2.05, 4.69) is 10.6 Å². The molecule has 0 saturated heterocycles. The Hall–Kier alpha value is -1.55. The van der Waals surface area contributed by atoms with Crippen LogP contribution in [0.5, 0.6) is 5.75 Å². The summed E-state index contributed by atoms with van der Waals surface area (Å²) in [6.07, 6.45) is 4.76. The maximum absolute atomic E-state index is 11.6. The van der Waals surface area contributed by atoms with Crippen LogP contribution in [0.15, 0.2) is 18.2 Å². The van der Waals surface area contributed by atoms with E-state index in [1.165, 1.54) is 11.1 Å². The van der Waals surface area contributed by atoms with Crippen molar-refractivity contribution in [2.45, 2.75) is 45.1 Å². The number of carbonyl (C=O) groups is 1. The highest BCUT2D eigenvalue weighted by molar-refractivity contribution is 5.76. The van der Waals surface area contributed by atoms with Crippen LogP contribution >= 0.6 is 0 Å². The molecule has 1 unspecified atom stereocenters. The molecule has 0 bridgehead atoms. The Kier molecular flexibility index (Phi) is 5.41. The van der Waals surface area contributed by atoms with Gasteiger partial charge < -0.3 is 15.7 Å². The summed E-state index contributed by atoms with van der Waals surface area (Å²) >= 11 is 0. The number of nitrogens with one attached hydrogen (secondary N) is 2. The van der Waals surface area contributed by atoms with E-state index in [0.29, 0.717) is 18.7 Å². The van der Waals surface area contributed by atoms with Crippen LogP contribution in [-0.4, -0.2) is 24.1 Å². The molecule has 3 N–H and O–H groups in total. The minimum atomic E-state index is 0.103. The summed E-state index contributed by atoms with van der Waals surface area (Å²) in [5.74, 6) is 0.421. The first-order chi connectivity index (χ1) is 9.70. The van der Waals surface area contributed by atoms with Crippen LogP contribution in [0, 0.1) is 0 Å². The molecule has 0 fully saturated rings. The Labute approximate surface area is 120 Å². The maximum atomic E-state index is 11.6. The first-order valence-electron chi connectivity index (χ1n) is 7.52. The second-order valence-electron chi connectivity index (χ2n) is 5.38. The fraction of sp³-hybridized carbons (Fsp3) is 0.562. The number of aromatic hydroxyl groups is 1. The van der Waals surface area contributed by atoms with Gasteiger partial charge >= 0.3 is 0 Å². The van der Waals surface area contributed by atoms with Gasteiger partial charge in [0, 0.05) is 25.6 Å². The average Bonchev–Trinajstić information content (AvgIpc) is 2.45. The van der Waals surface area contributed by atoms with Crippen molar-refractivity contribution in [1.29, 1.82) is 0 Å². The second kappa shape index (κ2) is 7.29. The second-order valence-corrected chi connectivity index (χ2v) is 5.38. The molecule has 0 radical (unpaired) electrons. The molecule has 1 aliphatic carbocycles. The Balaban J connectivity index is 1.86. The number of benzene rings is 1. The Morgan fingerprint density at radius 2 is 2.25 bits per heavy atom. The predicted octanol–water partition coefficient (Wildman–Crippen LogP) is 2.28. The number of aryl methyl sites for hydroxylation is 1. The van der Waals surface area contributed by atoms with Gasteiger partial charge in [0.1, 0.15) is 5.75 Å². The largest absolute Gasteiger partial charge is 0.508 e. The lowest BCUT2D eigenvalue weighted by molar-refractivity contribution is -0.121. The molecule has 0 saturated carbocycles. The summed E-state index contributed by atoms with van der Waals surface area (Å²) < 4.78 is 0. The Morgan fingerprint density at radius 1 is 1.40 bits per heavy atom. The molecule has 0 spiro atoms. The summed E-state index contributed by atoms with van der Waals surface area (Å²) in [7, 11) is 0. The van der Waals surface area contributed by atoms with Gasteiger partial charge in [0.05, 0.1) is 0 Å². The zero-order valence-corrected chi connectivity index (χ0v) is 12.1. The van der Waals surface area contributed by atoms with E-state index in [9.17, 15) is 9.90 Å². The normalized spacial score (nSPS) is 17.6. The summed E-state index contributed by atoms with van der Waals surface area (Å²) in [6, 6.07) is 5.86. The van der Waals surface area contributed by atoms with Crippen LogP contribution in [0.25, 0.3) is 0 Å². The molecule has 4 heteroatoms. The monoisotopic (exact) mass is 276 g/mol. The number of rotatable bonds is 6. The van der Waals surface area contributed by atoms with Crippen molar-refractivity contribution in [2.24, 2.45) is 0 Å². The minimum Gasteiger partial charge on any atom is -0.508 e. The molecule has 0 aliphatic heterocycles. The molecule has 4 nitrogen and oxygen atoms in total. The third kappa shape index (κ3) is 3.97. The first-order valence-corrected chi connectivity index (χ1v) is 7.52. The highest BCUT2D eigenvalue weighted by Gasteiger charge is 2.20. The number of amides is 1. The molecule has 1 aliphatic rings. The van der Waals surface area contributed by atoms with Crippen molar-refractivity contribution < 1.29 is 9.90 Å². The number of phenols is 1. The highest BCUT2D eigenvalue weighted by Crippen LogP contribution is 2.31. The molecule has 1 atom stereocenters. The van der Waals surface area contributed by atoms with Crippen molar-refractivity contribution in [3.63, 3.8) is 0 Å². The van der Waals surface area contributed by atoms with Crippen molar-refractivity contribution in [3.8, 4) is 5.75 Å². The third-order valence-corrected chi connectivity index (χ3v) is 3.76. The van der Waals surface area contributed by atoms with Gasteiger partial charge in [-0.25, -0.2) is 0 Å². The fourth-order valence-corrected chi connectivity index (χ4v) is 2.71. The van der Waals surface area contributed by atoms with Gasteiger partial charge in [-0.2, -0.15) is 0 Å². The summed E-state index contributed by atoms with van der Waals surface area (Å²) in [5, 5.41) is 15.9. The fourth-order valence-electron chi connectivity index (χ4n) is 2.71. The Bertz CT molecular complexity index is 460. The molecule has 110 valence electrons. The van der Waals surface area contributed by atoms with E-state index >= 15 is 0 Å². The zero-order valence-electron chi connectivity index (χ0n) is 12.1. The third-order valence-electron chi connectivity index (χ3n) is 3.76. The van der Waals surface area contributed by atoms with E-state index in [1.807, 2.05) is 19.1 Å². The van der Waals surface area contributed by atoms with Crippen LogP contribution in [0.4, 0.5) is 0 Å². The lowest BCUT2D eigenvalue weighted by Crippen LogP contribution is -2.31. The van der Waals surface area contributed by atoms with Crippen molar-refractivity contribution >= 4 is 5.91 Å². The lowest BCUT2D eigenvalue weighted by atomic mass is 9.87. The van der Waals surface area contributed by atoms with Gasteiger partial charge in [-0.1, -0.05) is 13.0 Å². The zero-order chi connectivity index (χ0) is 14.4. The van der Waals surface area contributed by atoms with Gasteiger partial charge in [0.15, 0.2) is 0 Å². The van der Waals surface area contributed by atoms with Gasteiger partial charge in [0.25, 0.3) is 0 Å². The standard InChI is InChI=1S/C16H24N2O2/c1-2-9-18-16(20)8-10-17-15-5-3-4-12-6-7-13(19)11-14(12)15/h6-7,11,15,17,19H,2-5,8-10H2,1H3,(H,18,20). The SMILES string of the molecule is CCCNC(=O)CCNC1CCCc2ccc(O)cc21. The van der Waals surface area contributed by atoms with Gasteiger partial charge in [-0.3, -0.25) is 4.79 Å². The smallest absolute Gasteiger partial charge is 0.221 e. The van der Waals surface area contributed by atoms with E-state index in [-0.39, 0.29) is 11.9 Å². The van der Waals surface area contributed by atoms with Crippen molar-refractivity contribution in [2.75, 3.05) is 13.1 Å². The quantitative estimate of drug-likeness (QED) is 0.747. The first kappa shape index (κ1) is 14.9. The molecule has 1 amide bonds. The van der Waals surface area contributed by atoms with Crippen LogP contribution in [0.3, 0.4) is 0 Å².